The molecule has 2 aliphatic rings. The fourth-order valence-corrected chi connectivity index (χ4v) is 2.03. The number of amides is 1. The van der Waals surface area contributed by atoms with Gasteiger partial charge in [0.25, 0.3) is 0 Å². The molecule has 1 aromatic rings. The van der Waals surface area contributed by atoms with Crippen molar-refractivity contribution in [1.29, 1.82) is 0 Å². The highest BCUT2D eigenvalue weighted by Gasteiger charge is 2.34. The molecule has 1 fully saturated rings. The van der Waals surface area contributed by atoms with Crippen LogP contribution in [0.2, 0.25) is 0 Å². The van der Waals surface area contributed by atoms with E-state index in [0.29, 0.717) is 6.04 Å². The predicted octanol–water partition coefficient (Wildman–Crippen LogP) is 1.74. The molecule has 1 aliphatic carbocycles. The van der Waals surface area contributed by atoms with Gasteiger partial charge in [-0.05, 0) is 25.8 Å². The zero-order valence-corrected chi connectivity index (χ0v) is 8.71. The first-order valence-corrected chi connectivity index (χ1v) is 5.41. The molecule has 1 heterocycles. The SMILES string of the molecule is Cc1ccc2c(c1)C(NC1CC1)C(=O)N2. The lowest BCUT2D eigenvalue weighted by molar-refractivity contribution is -0.117. The van der Waals surface area contributed by atoms with Crippen molar-refractivity contribution < 1.29 is 4.79 Å². The highest BCUT2D eigenvalue weighted by molar-refractivity contribution is 6.02. The maximum atomic E-state index is 11.7. The summed E-state index contributed by atoms with van der Waals surface area (Å²) in [7, 11) is 0. The molecule has 3 rings (SSSR count). The number of benzene rings is 1. The van der Waals surface area contributed by atoms with Crippen LogP contribution in [0.25, 0.3) is 0 Å². The first-order valence-electron chi connectivity index (χ1n) is 5.41. The van der Waals surface area contributed by atoms with E-state index in [-0.39, 0.29) is 11.9 Å². The molecule has 0 saturated heterocycles. The van der Waals surface area contributed by atoms with Gasteiger partial charge < -0.3 is 5.32 Å². The molecular weight excluding hydrogens is 188 g/mol. The summed E-state index contributed by atoms with van der Waals surface area (Å²) >= 11 is 0. The summed E-state index contributed by atoms with van der Waals surface area (Å²) in [5, 5.41) is 6.28. The van der Waals surface area contributed by atoms with Crippen molar-refractivity contribution in [3.05, 3.63) is 29.3 Å². The molecule has 0 radical (unpaired) electrons. The Morgan fingerprint density at radius 3 is 2.93 bits per heavy atom. The summed E-state index contributed by atoms with van der Waals surface area (Å²) in [5.41, 5.74) is 3.27. The Labute approximate surface area is 88.9 Å². The molecule has 15 heavy (non-hydrogen) atoms. The molecule has 1 unspecified atom stereocenters. The Hall–Kier alpha value is -1.35. The van der Waals surface area contributed by atoms with Crippen LogP contribution in [0.15, 0.2) is 18.2 Å². The maximum Gasteiger partial charge on any atom is 0.246 e. The van der Waals surface area contributed by atoms with Crippen molar-refractivity contribution in [2.45, 2.75) is 31.8 Å². The summed E-state index contributed by atoms with van der Waals surface area (Å²) in [5.74, 6) is 0.0856. The molecule has 0 aromatic heterocycles. The molecule has 1 aliphatic heterocycles. The minimum atomic E-state index is -0.132. The first-order chi connectivity index (χ1) is 7.24. The van der Waals surface area contributed by atoms with Crippen molar-refractivity contribution >= 4 is 11.6 Å². The number of hydrogen-bond donors (Lipinski definition) is 2. The summed E-state index contributed by atoms with van der Waals surface area (Å²) in [6.07, 6.45) is 2.40. The number of anilines is 1. The maximum absolute atomic E-state index is 11.7. The number of carbonyl (C=O) groups excluding carboxylic acids is 1. The van der Waals surface area contributed by atoms with Crippen LogP contribution in [0.5, 0.6) is 0 Å². The third kappa shape index (κ3) is 1.53. The number of nitrogens with one attached hydrogen (secondary N) is 2. The normalized spacial score (nSPS) is 23.8. The van der Waals surface area contributed by atoms with E-state index in [1.807, 2.05) is 12.1 Å². The van der Waals surface area contributed by atoms with Crippen LogP contribution in [0.3, 0.4) is 0 Å². The van der Waals surface area contributed by atoms with E-state index in [2.05, 4.69) is 23.6 Å². The summed E-state index contributed by atoms with van der Waals surface area (Å²) in [6.45, 7) is 2.05. The van der Waals surface area contributed by atoms with Crippen molar-refractivity contribution in [1.82, 2.24) is 5.32 Å². The second-order valence-corrected chi connectivity index (χ2v) is 4.45. The van der Waals surface area contributed by atoms with Gasteiger partial charge in [-0.15, -0.1) is 0 Å². The van der Waals surface area contributed by atoms with Crippen LogP contribution in [0, 0.1) is 6.92 Å². The first kappa shape index (κ1) is 8.92. The molecule has 2 N–H and O–H groups in total. The quantitative estimate of drug-likeness (QED) is 0.767. The minimum absolute atomic E-state index is 0.0856. The van der Waals surface area contributed by atoms with E-state index in [9.17, 15) is 4.79 Å². The molecule has 1 saturated carbocycles. The lowest BCUT2D eigenvalue weighted by atomic mass is 10.1. The average Bonchev–Trinajstić information content (AvgIpc) is 2.96. The third-order valence-corrected chi connectivity index (χ3v) is 3.02. The van der Waals surface area contributed by atoms with Gasteiger partial charge in [0, 0.05) is 17.3 Å². The van der Waals surface area contributed by atoms with Gasteiger partial charge in [0.2, 0.25) is 5.91 Å². The van der Waals surface area contributed by atoms with Gasteiger partial charge in [-0.2, -0.15) is 0 Å². The Kier molecular flexibility index (Phi) is 1.83. The number of hydrogen-bond acceptors (Lipinski definition) is 2. The zero-order valence-electron chi connectivity index (χ0n) is 8.71. The van der Waals surface area contributed by atoms with Crippen molar-refractivity contribution in [2.75, 3.05) is 5.32 Å². The van der Waals surface area contributed by atoms with E-state index >= 15 is 0 Å². The highest BCUT2D eigenvalue weighted by atomic mass is 16.2. The van der Waals surface area contributed by atoms with Crippen LogP contribution in [-0.4, -0.2) is 11.9 Å². The second kappa shape index (κ2) is 3.07. The molecule has 0 bridgehead atoms. The van der Waals surface area contributed by atoms with E-state index < -0.39 is 0 Å². The van der Waals surface area contributed by atoms with Crippen LogP contribution < -0.4 is 10.6 Å². The third-order valence-electron chi connectivity index (χ3n) is 3.02. The number of rotatable bonds is 2. The molecule has 0 spiro atoms. The van der Waals surface area contributed by atoms with E-state index in [4.69, 9.17) is 0 Å². The topological polar surface area (TPSA) is 41.1 Å². The van der Waals surface area contributed by atoms with E-state index in [1.165, 1.54) is 18.4 Å². The smallest absolute Gasteiger partial charge is 0.246 e. The van der Waals surface area contributed by atoms with Gasteiger partial charge >= 0.3 is 0 Å². The fourth-order valence-electron chi connectivity index (χ4n) is 2.03. The van der Waals surface area contributed by atoms with Crippen LogP contribution in [0.4, 0.5) is 5.69 Å². The van der Waals surface area contributed by atoms with Gasteiger partial charge in [0.1, 0.15) is 6.04 Å². The monoisotopic (exact) mass is 202 g/mol. The van der Waals surface area contributed by atoms with Crippen LogP contribution in [-0.2, 0) is 4.79 Å². The van der Waals surface area contributed by atoms with Crippen molar-refractivity contribution in [3.63, 3.8) is 0 Å². The van der Waals surface area contributed by atoms with Crippen LogP contribution >= 0.6 is 0 Å². The Morgan fingerprint density at radius 2 is 2.20 bits per heavy atom. The van der Waals surface area contributed by atoms with E-state index in [0.717, 1.165) is 11.3 Å². The van der Waals surface area contributed by atoms with E-state index in [1.54, 1.807) is 0 Å². The number of carbonyl (C=O) groups is 1. The zero-order chi connectivity index (χ0) is 10.4. The molecule has 3 nitrogen and oxygen atoms in total. The van der Waals surface area contributed by atoms with Crippen LogP contribution in [0.1, 0.15) is 30.0 Å². The predicted molar refractivity (Wildman–Crippen MR) is 58.7 cm³/mol. The summed E-state index contributed by atoms with van der Waals surface area (Å²) in [6, 6.07) is 6.52. The molecule has 3 heteroatoms. The van der Waals surface area contributed by atoms with Gasteiger partial charge in [-0.25, -0.2) is 0 Å². The highest BCUT2D eigenvalue weighted by Crippen LogP contribution is 2.34. The average molecular weight is 202 g/mol. The standard InChI is InChI=1S/C12H14N2O/c1-7-2-5-10-9(6-7)11(12(15)14-10)13-8-3-4-8/h2,5-6,8,11,13H,3-4H2,1H3,(H,14,15). The summed E-state index contributed by atoms with van der Waals surface area (Å²) in [4.78, 5) is 11.7. The molecular formula is C12H14N2O. The Morgan fingerprint density at radius 1 is 1.40 bits per heavy atom. The number of aryl methyl sites for hydroxylation is 1. The molecule has 1 atom stereocenters. The molecule has 1 amide bonds. The van der Waals surface area contributed by atoms with Crippen molar-refractivity contribution in [2.24, 2.45) is 0 Å². The second-order valence-electron chi connectivity index (χ2n) is 4.45. The Bertz CT molecular complexity index is 424. The molecule has 78 valence electrons. The van der Waals surface area contributed by atoms with Gasteiger partial charge in [-0.1, -0.05) is 17.7 Å². The lowest BCUT2D eigenvalue weighted by Crippen LogP contribution is -2.29. The van der Waals surface area contributed by atoms with Gasteiger partial charge in [0.05, 0.1) is 0 Å². The summed E-state index contributed by atoms with van der Waals surface area (Å²) < 4.78 is 0. The minimum Gasteiger partial charge on any atom is -0.324 e. The lowest BCUT2D eigenvalue weighted by Gasteiger charge is -2.10. The largest absolute Gasteiger partial charge is 0.324 e. The van der Waals surface area contributed by atoms with Gasteiger partial charge in [0.15, 0.2) is 0 Å². The van der Waals surface area contributed by atoms with Crippen molar-refractivity contribution in [3.8, 4) is 0 Å². The Balaban J connectivity index is 1.95. The molecule has 1 aromatic carbocycles. The fraction of sp³-hybridized carbons (Fsp3) is 0.417. The number of fused-ring (bicyclic) bond motifs is 1. The van der Waals surface area contributed by atoms with Gasteiger partial charge in [-0.3, -0.25) is 10.1 Å².